The molecule has 1 aromatic heterocycles. The van der Waals surface area contributed by atoms with E-state index < -0.39 is 0 Å². The second-order valence-corrected chi connectivity index (χ2v) is 3.28. The zero-order valence-corrected chi connectivity index (χ0v) is 9.05. The number of aryl methyl sites for hydroxylation is 3. The third-order valence-electron chi connectivity index (χ3n) is 2.13. The van der Waals surface area contributed by atoms with E-state index in [1.165, 1.54) is 0 Å². The van der Waals surface area contributed by atoms with Crippen LogP contribution < -0.4 is 0 Å². The van der Waals surface area contributed by atoms with Crippen LogP contribution in [0, 0.1) is 20.8 Å². The monoisotopic (exact) mass is 193 g/mol. The van der Waals surface area contributed by atoms with Crippen LogP contribution >= 0.6 is 0 Å². The van der Waals surface area contributed by atoms with Crippen LogP contribution in [0.5, 0.6) is 0 Å². The Labute approximate surface area is 84.1 Å². The zero-order valence-electron chi connectivity index (χ0n) is 9.05. The Bertz CT molecular complexity index is 359. The highest BCUT2D eigenvalue weighted by atomic mass is 16.5. The van der Waals surface area contributed by atoms with Crippen molar-refractivity contribution in [3.63, 3.8) is 0 Å². The number of hydrogen-bond donors (Lipinski definition) is 0. The van der Waals surface area contributed by atoms with Crippen LogP contribution in [0.15, 0.2) is 6.07 Å². The van der Waals surface area contributed by atoms with Crippen LogP contribution in [0.25, 0.3) is 0 Å². The fraction of sp³-hybridized carbons (Fsp3) is 0.455. The molecule has 0 amide bonds. The molecule has 0 aromatic carbocycles. The van der Waals surface area contributed by atoms with E-state index in [1.54, 1.807) is 6.92 Å². The van der Waals surface area contributed by atoms with Gasteiger partial charge in [0.05, 0.1) is 6.61 Å². The third kappa shape index (κ3) is 2.10. The molecule has 0 saturated heterocycles. The molecule has 0 unspecified atom stereocenters. The van der Waals surface area contributed by atoms with Crippen molar-refractivity contribution in [1.29, 1.82) is 0 Å². The van der Waals surface area contributed by atoms with E-state index in [0.717, 1.165) is 16.8 Å². The fourth-order valence-corrected chi connectivity index (χ4v) is 1.25. The summed E-state index contributed by atoms with van der Waals surface area (Å²) in [6.45, 7) is 7.90. The lowest BCUT2D eigenvalue weighted by atomic mass is 10.1. The van der Waals surface area contributed by atoms with Gasteiger partial charge in [-0.2, -0.15) is 0 Å². The molecule has 0 radical (unpaired) electrons. The molecule has 0 bridgehead atoms. The predicted molar refractivity (Wildman–Crippen MR) is 54.4 cm³/mol. The summed E-state index contributed by atoms with van der Waals surface area (Å²) in [6.07, 6.45) is 0. The maximum absolute atomic E-state index is 11.4. The van der Waals surface area contributed by atoms with E-state index in [4.69, 9.17) is 4.74 Å². The van der Waals surface area contributed by atoms with Crippen molar-refractivity contribution in [2.45, 2.75) is 27.7 Å². The minimum absolute atomic E-state index is 0.340. The summed E-state index contributed by atoms with van der Waals surface area (Å²) in [7, 11) is 0. The smallest absolute Gasteiger partial charge is 0.357 e. The first-order valence-corrected chi connectivity index (χ1v) is 4.68. The third-order valence-corrected chi connectivity index (χ3v) is 2.13. The molecule has 0 saturated carbocycles. The number of hydrogen-bond acceptors (Lipinski definition) is 3. The van der Waals surface area contributed by atoms with E-state index >= 15 is 0 Å². The van der Waals surface area contributed by atoms with E-state index in [9.17, 15) is 4.79 Å². The minimum atomic E-state index is -0.340. The highest BCUT2D eigenvalue weighted by Gasteiger charge is 2.12. The van der Waals surface area contributed by atoms with Gasteiger partial charge in [0, 0.05) is 5.69 Å². The standard InChI is InChI=1S/C11H15NO2/c1-5-14-11(13)10-8(3)6-7(2)9(4)12-10/h6H,5H2,1-4H3. The summed E-state index contributed by atoms with van der Waals surface area (Å²) < 4.78 is 4.90. The number of esters is 1. The molecule has 0 aliphatic heterocycles. The molecule has 0 aliphatic rings. The lowest BCUT2D eigenvalue weighted by molar-refractivity contribution is 0.0518. The van der Waals surface area contributed by atoms with Crippen molar-refractivity contribution in [1.82, 2.24) is 4.98 Å². The topological polar surface area (TPSA) is 39.2 Å². The minimum Gasteiger partial charge on any atom is -0.461 e. The van der Waals surface area contributed by atoms with E-state index in [2.05, 4.69) is 4.98 Å². The molecule has 0 N–H and O–H groups in total. The second kappa shape index (κ2) is 4.22. The molecule has 0 aliphatic carbocycles. The Morgan fingerprint density at radius 1 is 1.36 bits per heavy atom. The van der Waals surface area contributed by atoms with Crippen LogP contribution in [0.3, 0.4) is 0 Å². The molecule has 1 rings (SSSR count). The normalized spacial score (nSPS) is 10.0. The first-order chi connectivity index (χ1) is 6.56. The number of ether oxygens (including phenoxy) is 1. The maximum Gasteiger partial charge on any atom is 0.357 e. The number of carbonyl (C=O) groups excluding carboxylic acids is 1. The Balaban J connectivity index is 3.09. The molecule has 14 heavy (non-hydrogen) atoms. The summed E-state index contributed by atoms with van der Waals surface area (Å²) in [6, 6.07) is 1.95. The van der Waals surface area contributed by atoms with E-state index in [0.29, 0.717) is 12.3 Å². The molecule has 1 aromatic rings. The van der Waals surface area contributed by atoms with Crippen LogP contribution in [0.2, 0.25) is 0 Å². The molecule has 0 fully saturated rings. The molecular weight excluding hydrogens is 178 g/mol. The van der Waals surface area contributed by atoms with Crippen LogP contribution in [0.4, 0.5) is 0 Å². The largest absolute Gasteiger partial charge is 0.461 e. The summed E-state index contributed by atoms with van der Waals surface area (Å²) in [5.41, 5.74) is 3.26. The van der Waals surface area contributed by atoms with Gasteiger partial charge in [0.15, 0.2) is 5.69 Å². The highest BCUT2D eigenvalue weighted by Crippen LogP contribution is 2.12. The van der Waals surface area contributed by atoms with Gasteiger partial charge in [0.1, 0.15) is 0 Å². The summed E-state index contributed by atoms with van der Waals surface area (Å²) >= 11 is 0. The maximum atomic E-state index is 11.4. The lowest BCUT2D eigenvalue weighted by Crippen LogP contribution is -2.10. The summed E-state index contributed by atoms with van der Waals surface area (Å²) in [4.78, 5) is 15.7. The zero-order chi connectivity index (χ0) is 10.7. The van der Waals surface area contributed by atoms with Crippen molar-refractivity contribution >= 4 is 5.97 Å². The fourth-order valence-electron chi connectivity index (χ4n) is 1.25. The highest BCUT2D eigenvalue weighted by molar-refractivity contribution is 5.88. The average Bonchev–Trinajstić information content (AvgIpc) is 2.11. The van der Waals surface area contributed by atoms with Gasteiger partial charge in [-0.15, -0.1) is 0 Å². The Morgan fingerprint density at radius 2 is 2.00 bits per heavy atom. The van der Waals surface area contributed by atoms with Gasteiger partial charge in [-0.1, -0.05) is 6.07 Å². The molecule has 3 nitrogen and oxygen atoms in total. The van der Waals surface area contributed by atoms with Gasteiger partial charge >= 0.3 is 5.97 Å². The van der Waals surface area contributed by atoms with Crippen molar-refractivity contribution in [2.75, 3.05) is 6.61 Å². The van der Waals surface area contributed by atoms with Gasteiger partial charge in [-0.3, -0.25) is 0 Å². The SMILES string of the molecule is CCOC(=O)c1nc(C)c(C)cc1C. The first kappa shape index (κ1) is 10.7. The summed E-state index contributed by atoms with van der Waals surface area (Å²) in [5.74, 6) is -0.340. The van der Waals surface area contributed by atoms with Gasteiger partial charge in [0.2, 0.25) is 0 Å². The Kier molecular flexibility index (Phi) is 3.23. The number of rotatable bonds is 2. The van der Waals surface area contributed by atoms with Crippen molar-refractivity contribution < 1.29 is 9.53 Å². The molecular formula is C11H15NO2. The number of pyridine rings is 1. The lowest BCUT2D eigenvalue weighted by Gasteiger charge is -2.07. The van der Waals surface area contributed by atoms with Crippen molar-refractivity contribution in [2.24, 2.45) is 0 Å². The van der Waals surface area contributed by atoms with Gasteiger partial charge < -0.3 is 4.74 Å². The van der Waals surface area contributed by atoms with Crippen LogP contribution in [-0.2, 0) is 4.74 Å². The van der Waals surface area contributed by atoms with Crippen molar-refractivity contribution in [3.05, 3.63) is 28.6 Å². The van der Waals surface area contributed by atoms with E-state index in [1.807, 2.05) is 26.8 Å². The summed E-state index contributed by atoms with van der Waals surface area (Å²) in [5, 5.41) is 0. The Morgan fingerprint density at radius 3 is 2.57 bits per heavy atom. The predicted octanol–water partition coefficient (Wildman–Crippen LogP) is 2.18. The van der Waals surface area contributed by atoms with Crippen molar-refractivity contribution in [3.8, 4) is 0 Å². The number of aromatic nitrogens is 1. The molecule has 76 valence electrons. The van der Waals surface area contributed by atoms with Gasteiger partial charge in [0.25, 0.3) is 0 Å². The number of nitrogens with zero attached hydrogens (tertiary/aromatic N) is 1. The molecule has 1 heterocycles. The molecule has 3 heteroatoms. The van der Waals surface area contributed by atoms with Crippen LogP contribution in [-0.4, -0.2) is 17.6 Å². The second-order valence-electron chi connectivity index (χ2n) is 3.28. The number of carbonyl (C=O) groups is 1. The average molecular weight is 193 g/mol. The first-order valence-electron chi connectivity index (χ1n) is 4.68. The quantitative estimate of drug-likeness (QED) is 0.676. The Hall–Kier alpha value is -1.38. The van der Waals surface area contributed by atoms with Gasteiger partial charge in [-0.25, -0.2) is 9.78 Å². The van der Waals surface area contributed by atoms with Crippen LogP contribution in [0.1, 0.15) is 34.2 Å². The van der Waals surface area contributed by atoms with Gasteiger partial charge in [-0.05, 0) is 38.8 Å². The molecule has 0 spiro atoms. The van der Waals surface area contributed by atoms with E-state index in [-0.39, 0.29) is 5.97 Å². The molecule has 0 atom stereocenters.